The molecule has 1 aromatic heterocycles. The van der Waals surface area contributed by atoms with Crippen LogP contribution < -0.4 is 4.74 Å². The number of carbonyl (C=O) groups excluding carboxylic acids is 1. The highest BCUT2D eigenvalue weighted by molar-refractivity contribution is 5.87. The third-order valence-electron chi connectivity index (χ3n) is 4.16. The van der Waals surface area contributed by atoms with E-state index in [2.05, 4.69) is 10.1 Å². The molecule has 1 atom stereocenters. The number of benzene rings is 1. The SMILES string of the molecule is C/C=C/C(=O)N1CCC[C@@H](c2nc(-c3cccc(OC)c3)no2)C1. The van der Waals surface area contributed by atoms with E-state index in [-0.39, 0.29) is 11.8 Å². The van der Waals surface area contributed by atoms with Crippen molar-refractivity contribution in [3.63, 3.8) is 0 Å². The van der Waals surface area contributed by atoms with Gasteiger partial charge in [0, 0.05) is 18.7 Å². The van der Waals surface area contributed by atoms with E-state index in [9.17, 15) is 4.79 Å². The van der Waals surface area contributed by atoms with E-state index in [1.165, 1.54) is 0 Å². The summed E-state index contributed by atoms with van der Waals surface area (Å²) in [7, 11) is 1.62. The second-order valence-corrected chi connectivity index (χ2v) is 5.81. The van der Waals surface area contributed by atoms with Gasteiger partial charge in [-0.3, -0.25) is 4.79 Å². The van der Waals surface area contributed by atoms with E-state index in [1.807, 2.05) is 36.1 Å². The highest BCUT2D eigenvalue weighted by Crippen LogP contribution is 2.28. The quantitative estimate of drug-likeness (QED) is 0.807. The minimum Gasteiger partial charge on any atom is -0.497 e. The third-order valence-corrected chi connectivity index (χ3v) is 4.16. The van der Waals surface area contributed by atoms with Crippen LogP contribution in [0.4, 0.5) is 0 Å². The van der Waals surface area contributed by atoms with Crippen LogP contribution in [0.2, 0.25) is 0 Å². The molecule has 1 saturated heterocycles. The maximum absolute atomic E-state index is 12.0. The number of aromatic nitrogens is 2. The van der Waals surface area contributed by atoms with Crippen LogP contribution in [0.25, 0.3) is 11.4 Å². The fraction of sp³-hybridized carbons (Fsp3) is 0.389. The molecule has 24 heavy (non-hydrogen) atoms. The fourth-order valence-corrected chi connectivity index (χ4v) is 2.91. The molecule has 0 radical (unpaired) electrons. The van der Waals surface area contributed by atoms with Crippen molar-refractivity contribution in [2.75, 3.05) is 20.2 Å². The summed E-state index contributed by atoms with van der Waals surface area (Å²) in [5.41, 5.74) is 0.849. The van der Waals surface area contributed by atoms with Gasteiger partial charge < -0.3 is 14.2 Å². The molecule has 126 valence electrons. The van der Waals surface area contributed by atoms with Crippen molar-refractivity contribution in [2.24, 2.45) is 0 Å². The van der Waals surface area contributed by atoms with Crippen LogP contribution in [0.15, 0.2) is 40.9 Å². The molecule has 0 unspecified atom stereocenters. The van der Waals surface area contributed by atoms with E-state index in [4.69, 9.17) is 9.26 Å². The number of carbonyl (C=O) groups is 1. The molecule has 6 nitrogen and oxygen atoms in total. The Morgan fingerprint density at radius 3 is 3.12 bits per heavy atom. The molecule has 6 heteroatoms. The van der Waals surface area contributed by atoms with Gasteiger partial charge in [0.2, 0.25) is 17.6 Å². The van der Waals surface area contributed by atoms with Crippen LogP contribution in [0.3, 0.4) is 0 Å². The van der Waals surface area contributed by atoms with Gasteiger partial charge in [-0.25, -0.2) is 0 Å². The number of hydrogen-bond donors (Lipinski definition) is 0. The van der Waals surface area contributed by atoms with Crippen LogP contribution >= 0.6 is 0 Å². The molecule has 2 aromatic rings. The molecule has 1 aromatic carbocycles. The Morgan fingerprint density at radius 2 is 2.33 bits per heavy atom. The normalized spacial score (nSPS) is 18.1. The Bertz CT molecular complexity index is 739. The van der Waals surface area contributed by atoms with Crippen LogP contribution in [0, 0.1) is 0 Å². The van der Waals surface area contributed by atoms with Crippen molar-refractivity contribution in [1.29, 1.82) is 0 Å². The number of nitrogens with zero attached hydrogens (tertiary/aromatic N) is 3. The minimum atomic E-state index is 0.0368. The molecule has 2 heterocycles. The van der Waals surface area contributed by atoms with Crippen LogP contribution in [0.5, 0.6) is 5.75 Å². The smallest absolute Gasteiger partial charge is 0.246 e. The maximum Gasteiger partial charge on any atom is 0.246 e. The largest absolute Gasteiger partial charge is 0.497 e. The van der Waals surface area contributed by atoms with Crippen molar-refractivity contribution < 1.29 is 14.1 Å². The summed E-state index contributed by atoms with van der Waals surface area (Å²) < 4.78 is 10.7. The number of piperidine rings is 1. The number of allylic oxidation sites excluding steroid dienone is 1. The van der Waals surface area contributed by atoms with Gasteiger partial charge >= 0.3 is 0 Å². The molecular weight excluding hydrogens is 306 g/mol. The molecular formula is C18H21N3O3. The minimum absolute atomic E-state index is 0.0368. The second-order valence-electron chi connectivity index (χ2n) is 5.81. The average molecular weight is 327 g/mol. The van der Waals surface area contributed by atoms with E-state index in [0.717, 1.165) is 30.7 Å². The zero-order valence-electron chi connectivity index (χ0n) is 13.9. The van der Waals surface area contributed by atoms with Gasteiger partial charge in [0.15, 0.2) is 0 Å². The van der Waals surface area contributed by atoms with Crippen molar-refractivity contribution in [3.8, 4) is 17.1 Å². The lowest BCUT2D eigenvalue weighted by Gasteiger charge is -2.30. The van der Waals surface area contributed by atoms with Crippen molar-refractivity contribution in [2.45, 2.75) is 25.7 Å². The highest BCUT2D eigenvalue weighted by Gasteiger charge is 2.27. The lowest BCUT2D eigenvalue weighted by molar-refractivity contribution is -0.127. The molecule has 1 aliphatic heterocycles. The number of rotatable bonds is 4. The van der Waals surface area contributed by atoms with E-state index < -0.39 is 0 Å². The summed E-state index contributed by atoms with van der Waals surface area (Å²) in [5, 5.41) is 4.08. The lowest BCUT2D eigenvalue weighted by atomic mass is 9.98. The van der Waals surface area contributed by atoms with Gasteiger partial charge in [0.1, 0.15) is 5.75 Å². The standard InChI is InChI=1S/C18H21N3O3/c1-3-6-16(22)21-10-5-8-14(12-21)18-19-17(20-24-18)13-7-4-9-15(11-13)23-2/h3-4,6-7,9,11,14H,5,8,10,12H2,1-2H3/b6-3+/t14-/m1/s1. The van der Waals surface area contributed by atoms with Gasteiger partial charge in [-0.1, -0.05) is 23.4 Å². The first kappa shape index (κ1) is 16.2. The molecule has 0 aliphatic carbocycles. The molecule has 0 bridgehead atoms. The lowest BCUT2D eigenvalue weighted by Crippen LogP contribution is -2.38. The molecule has 0 N–H and O–H groups in total. The van der Waals surface area contributed by atoms with Gasteiger partial charge in [0.05, 0.1) is 13.0 Å². The third kappa shape index (κ3) is 3.48. The predicted octanol–water partition coefficient (Wildman–Crippen LogP) is 3.03. The summed E-state index contributed by atoms with van der Waals surface area (Å²) in [6, 6.07) is 7.55. The Labute approximate surface area is 141 Å². The fourth-order valence-electron chi connectivity index (χ4n) is 2.91. The summed E-state index contributed by atoms with van der Waals surface area (Å²) in [4.78, 5) is 18.4. The topological polar surface area (TPSA) is 68.5 Å². The van der Waals surface area contributed by atoms with Crippen LogP contribution in [0.1, 0.15) is 31.6 Å². The number of likely N-dealkylation sites (tertiary alicyclic amines) is 1. The zero-order chi connectivity index (χ0) is 16.9. The maximum atomic E-state index is 12.0. The van der Waals surface area contributed by atoms with Gasteiger partial charge in [-0.15, -0.1) is 0 Å². The number of methoxy groups -OCH3 is 1. The average Bonchev–Trinajstić information content (AvgIpc) is 3.12. The predicted molar refractivity (Wildman–Crippen MR) is 89.7 cm³/mol. The molecule has 1 amide bonds. The van der Waals surface area contributed by atoms with Crippen molar-refractivity contribution in [3.05, 3.63) is 42.3 Å². The first-order chi connectivity index (χ1) is 11.7. The highest BCUT2D eigenvalue weighted by atomic mass is 16.5. The first-order valence-corrected chi connectivity index (χ1v) is 8.11. The summed E-state index contributed by atoms with van der Waals surface area (Å²) >= 11 is 0. The Kier molecular flexibility index (Phi) is 4.93. The van der Waals surface area contributed by atoms with Crippen molar-refractivity contribution >= 4 is 5.91 Å². The number of hydrogen-bond acceptors (Lipinski definition) is 5. The Hall–Kier alpha value is -2.63. The molecule has 0 saturated carbocycles. The Morgan fingerprint density at radius 1 is 1.46 bits per heavy atom. The van der Waals surface area contributed by atoms with Crippen molar-refractivity contribution in [1.82, 2.24) is 15.0 Å². The van der Waals surface area contributed by atoms with Crippen LogP contribution in [-0.4, -0.2) is 41.1 Å². The molecule has 3 rings (SSSR count). The van der Waals surface area contributed by atoms with E-state index in [0.29, 0.717) is 18.3 Å². The number of amides is 1. The van der Waals surface area contributed by atoms with E-state index in [1.54, 1.807) is 19.3 Å². The van der Waals surface area contributed by atoms with Gasteiger partial charge in [-0.2, -0.15) is 4.98 Å². The molecule has 0 spiro atoms. The second kappa shape index (κ2) is 7.29. The van der Waals surface area contributed by atoms with Gasteiger partial charge in [0.25, 0.3) is 0 Å². The summed E-state index contributed by atoms with van der Waals surface area (Å²) in [6.45, 7) is 3.23. The zero-order valence-corrected chi connectivity index (χ0v) is 13.9. The summed E-state index contributed by atoms with van der Waals surface area (Å²) in [5.74, 6) is 2.00. The van der Waals surface area contributed by atoms with E-state index >= 15 is 0 Å². The first-order valence-electron chi connectivity index (χ1n) is 8.11. The Balaban J connectivity index is 1.76. The monoisotopic (exact) mass is 327 g/mol. The van der Waals surface area contributed by atoms with Crippen LogP contribution in [-0.2, 0) is 4.79 Å². The number of ether oxygens (including phenoxy) is 1. The molecule has 1 fully saturated rings. The molecule has 1 aliphatic rings. The summed E-state index contributed by atoms with van der Waals surface area (Å²) in [6.07, 6.45) is 5.24. The van der Waals surface area contributed by atoms with Gasteiger partial charge in [-0.05, 0) is 38.0 Å².